The molecule has 1 heterocycles. The first-order valence-corrected chi connectivity index (χ1v) is 13.5. The Labute approximate surface area is 245 Å². The summed E-state index contributed by atoms with van der Waals surface area (Å²) in [7, 11) is 0. The van der Waals surface area contributed by atoms with E-state index in [9.17, 15) is 27.6 Å². The number of nitrogens with zero attached hydrogens (tertiary/aromatic N) is 2. The van der Waals surface area contributed by atoms with Crippen LogP contribution in [-0.4, -0.2) is 47.1 Å². The van der Waals surface area contributed by atoms with Crippen LogP contribution in [0.5, 0.6) is 0 Å². The molecule has 43 heavy (non-hydrogen) atoms. The summed E-state index contributed by atoms with van der Waals surface area (Å²) in [5.41, 5.74) is 1.27. The van der Waals surface area contributed by atoms with Gasteiger partial charge in [0, 0.05) is 23.2 Å². The number of anilines is 2. The quantitative estimate of drug-likeness (QED) is 0.201. The predicted molar refractivity (Wildman–Crippen MR) is 153 cm³/mol. The largest absolute Gasteiger partial charge is 0.466 e. The fraction of sp³-hybridized carbons (Fsp3) is 0.258. The normalized spacial score (nSPS) is 11.9. The van der Waals surface area contributed by atoms with Gasteiger partial charge in [-0.3, -0.25) is 9.59 Å². The minimum atomic E-state index is -4.52. The molecule has 0 saturated carbocycles. The van der Waals surface area contributed by atoms with Crippen molar-refractivity contribution in [2.24, 2.45) is 0 Å². The monoisotopic (exact) mass is 594 g/mol. The van der Waals surface area contributed by atoms with Gasteiger partial charge in [-0.05, 0) is 62.7 Å². The third kappa shape index (κ3) is 8.06. The number of nitrogens with one attached hydrogen (secondary N) is 2. The summed E-state index contributed by atoms with van der Waals surface area (Å²) in [5.74, 6) is -1.40. The smallest absolute Gasteiger partial charge is 0.416 e. The fourth-order valence-electron chi connectivity index (χ4n) is 4.19. The zero-order valence-corrected chi connectivity index (χ0v) is 23.4. The molecule has 0 radical (unpaired) electrons. The van der Waals surface area contributed by atoms with Gasteiger partial charge >= 0.3 is 18.1 Å². The summed E-state index contributed by atoms with van der Waals surface area (Å²) in [5, 5.41) is 5.75. The SMILES string of the molecule is CCOC(=O)CCC(NC(=O)c1ccc(Nc2nc3ccc(C(F)(F)F)cc3nc2-c2ccccc2)cc1)C(=O)OCC. The number of carbonyl (C=O) groups is 3. The van der Waals surface area contributed by atoms with Crippen molar-refractivity contribution in [2.75, 3.05) is 18.5 Å². The molecular weight excluding hydrogens is 565 g/mol. The van der Waals surface area contributed by atoms with Gasteiger partial charge in [-0.25, -0.2) is 14.8 Å². The summed E-state index contributed by atoms with van der Waals surface area (Å²) in [4.78, 5) is 46.1. The first-order valence-electron chi connectivity index (χ1n) is 13.5. The van der Waals surface area contributed by atoms with E-state index in [0.29, 0.717) is 22.8 Å². The van der Waals surface area contributed by atoms with Gasteiger partial charge in [0.2, 0.25) is 0 Å². The Hall–Kier alpha value is -5.00. The van der Waals surface area contributed by atoms with E-state index in [1.165, 1.54) is 18.2 Å². The number of halogens is 3. The van der Waals surface area contributed by atoms with E-state index in [1.807, 2.05) is 0 Å². The van der Waals surface area contributed by atoms with E-state index in [0.717, 1.165) is 12.1 Å². The van der Waals surface area contributed by atoms with Crippen LogP contribution in [0.25, 0.3) is 22.3 Å². The van der Waals surface area contributed by atoms with Gasteiger partial charge in [-0.1, -0.05) is 30.3 Å². The number of esters is 2. The predicted octanol–water partition coefficient (Wildman–Crippen LogP) is 6.06. The van der Waals surface area contributed by atoms with E-state index >= 15 is 0 Å². The molecule has 0 aliphatic heterocycles. The molecule has 0 bridgehead atoms. The summed E-state index contributed by atoms with van der Waals surface area (Å²) in [6.07, 6.45) is -4.59. The van der Waals surface area contributed by atoms with Crippen molar-refractivity contribution in [3.63, 3.8) is 0 Å². The maximum atomic E-state index is 13.3. The van der Waals surface area contributed by atoms with Crippen LogP contribution in [0.3, 0.4) is 0 Å². The van der Waals surface area contributed by atoms with Crippen LogP contribution in [0.2, 0.25) is 0 Å². The molecule has 0 saturated heterocycles. The van der Waals surface area contributed by atoms with Crippen LogP contribution < -0.4 is 10.6 Å². The Morgan fingerprint density at radius 3 is 2.21 bits per heavy atom. The van der Waals surface area contributed by atoms with Gasteiger partial charge in [0.05, 0.1) is 29.8 Å². The Balaban J connectivity index is 1.56. The molecular formula is C31H29F3N4O5. The maximum absolute atomic E-state index is 13.3. The maximum Gasteiger partial charge on any atom is 0.416 e. The number of rotatable bonds is 11. The second kappa shape index (κ2) is 13.8. The van der Waals surface area contributed by atoms with Crippen molar-refractivity contribution in [1.82, 2.24) is 15.3 Å². The highest BCUT2D eigenvalue weighted by Crippen LogP contribution is 2.33. The average Bonchev–Trinajstić information content (AvgIpc) is 2.99. The molecule has 0 fully saturated rings. The van der Waals surface area contributed by atoms with Gasteiger partial charge in [0.1, 0.15) is 11.7 Å². The second-order valence-electron chi connectivity index (χ2n) is 9.31. The number of carbonyl (C=O) groups excluding carboxylic acids is 3. The Morgan fingerprint density at radius 2 is 1.56 bits per heavy atom. The van der Waals surface area contributed by atoms with Gasteiger partial charge in [-0.15, -0.1) is 0 Å². The van der Waals surface area contributed by atoms with Crippen LogP contribution in [0.4, 0.5) is 24.7 Å². The molecule has 0 spiro atoms. The number of amides is 1. The molecule has 1 unspecified atom stereocenters. The summed E-state index contributed by atoms with van der Waals surface area (Å²) < 4.78 is 49.9. The summed E-state index contributed by atoms with van der Waals surface area (Å²) >= 11 is 0. The Bertz CT molecular complexity index is 1600. The number of fused-ring (bicyclic) bond motifs is 1. The van der Waals surface area contributed by atoms with E-state index in [1.54, 1.807) is 56.3 Å². The van der Waals surface area contributed by atoms with Gasteiger partial charge in [-0.2, -0.15) is 13.2 Å². The Morgan fingerprint density at radius 1 is 0.860 bits per heavy atom. The number of hydrogen-bond acceptors (Lipinski definition) is 8. The van der Waals surface area contributed by atoms with Crippen molar-refractivity contribution >= 4 is 40.4 Å². The lowest BCUT2D eigenvalue weighted by molar-refractivity contribution is -0.147. The molecule has 0 aliphatic carbocycles. The molecule has 0 aliphatic rings. The van der Waals surface area contributed by atoms with Crippen LogP contribution in [0, 0.1) is 0 Å². The minimum Gasteiger partial charge on any atom is -0.466 e. The molecule has 224 valence electrons. The molecule has 1 amide bonds. The average molecular weight is 595 g/mol. The first-order chi connectivity index (χ1) is 20.6. The lowest BCUT2D eigenvalue weighted by atomic mass is 10.1. The summed E-state index contributed by atoms with van der Waals surface area (Å²) in [6.45, 7) is 3.61. The van der Waals surface area contributed by atoms with E-state index in [4.69, 9.17) is 9.47 Å². The molecule has 9 nitrogen and oxygen atoms in total. The molecule has 3 aromatic carbocycles. The third-order valence-electron chi connectivity index (χ3n) is 6.27. The highest BCUT2D eigenvalue weighted by atomic mass is 19.4. The number of alkyl halides is 3. The van der Waals surface area contributed by atoms with E-state index in [2.05, 4.69) is 20.6 Å². The third-order valence-corrected chi connectivity index (χ3v) is 6.27. The van der Waals surface area contributed by atoms with Crippen LogP contribution in [0.15, 0.2) is 72.8 Å². The fourth-order valence-corrected chi connectivity index (χ4v) is 4.19. The van der Waals surface area contributed by atoms with Gasteiger partial charge in [0.25, 0.3) is 5.91 Å². The second-order valence-corrected chi connectivity index (χ2v) is 9.31. The van der Waals surface area contributed by atoms with Crippen LogP contribution >= 0.6 is 0 Å². The van der Waals surface area contributed by atoms with Crippen molar-refractivity contribution in [3.05, 3.63) is 83.9 Å². The molecule has 4 rings (SSSR count). The lowest BCUT2D eigenvalue weighted by Gasteiger charge is -2.17. The van der Waals surface area contributed by atoms with Crippen molar-refractivity contribution in [2.45, 2.75) is 38.9 Å². The number of aromatic nitrogens is 2. The summed E-state index contributed by atoms with van der Waals surface area (Å²) in [6, 6.07) is 17.3. The standard InChI is InChI=1S/C31H29F3N4O5/c1-3-42-26(39)17-16-24(30(41)43-4-2)38-29(40)20-10-13-22(14-11-20)35-28-27(19-8-6-5-7-9-19)36-25-18-21(31(32,33)34)12-15-23(25)37-28/h5-15,18,24H,3-4,16-17H2,1-2H3,(H,35,37)(H,38,40). The van der Waals surface area contributed by atoms with Gasteiger partial charge in [0.15, 0.2) is 5.82 Å². The molecule has 4 aromatic rings. The van der Waals surface area contributed by atoms with Crippen molar-refractivity contribution in [3.8, 4) is 11.3 Å². The van der Waals surface area contributed by atoms with Crippen LogP contribution in [0.1, 0.15) is 42.6 Å². The molecule has 2 N–H and O–H groups in total. The van der Waals surface area contributed by atoms with Gasteiger partial charge < -0.3 is 20.1 Å². The minimum absolute atomic E-state index is 0.0103. The van der Waals surface area contributed by atoms with Crippen molar-refractivity contribution < 1.29 is 37.0 Å². The van der Waals surface area contributed by atoms with E-state index in [-0.39, 0.29) is 42.7 Å². The number of ether oxygens (including phenoxy) is 2. The topological polar surface area (TPSA) is 120 Å². The molecule has 1 aromatic heterocycles. The number of benzene rings is 3. The molecule has 1 atom stereocenters. The lowest BCUT2D eigenvalue weighted by Crippen LogP contribution is -2.42. The van der Waals surface area contributed by atoms with Crippen molar-refractivity contribution in [1.29, 1.82) is 0 Å². The zero-order valence-electron chi connectivity index (χ0n) is 23.4. The zero-order chi connectivity index (χ0) is 31.0. The first kappa shape index (κ1) is 30.9. The highest BCUT2D eigenvalue weighted by Gasteiger charge is 2.31. The Kier molecular flexibility index (Phi) is 9.91. The highest BCUT2D eigenvalue weighted by molar-refractivity contribution is 5.97. The number of hydrogen-bond donors (Lipinski definition) is 2. The van der Waals surface area contributed by atoms with Crippen LogP contribution in [-0.2, 0) is 25.2 Å². The molecule has 12 heteroatoms. The van der Waals surface area contributed by atoms with E-state index < -0.39 is 35.6 Å².